The first-order valence-electron chi connectivity index (χ1n) is 6.39. The van der Waals surface area contributed by atoms with Crippen LogP contribution < -0.4 is 0 Å². The van der Waals surface area contributed by atoms with Crippen molar-refractivity contribution in [3.63, 3.8) is 0 Å². The van der Waals surface area contributed by atoms with Crippen LogP contribution in [0.25, 0.3) is 0 Å². The maximum absolute atomic E-state index is 12.2. The normalized spacial score (nSPS) is 16.4. The first-order chi connectivity index (χ1) is 9.11. The van der Waals surface area contributed by atoms with Crippen molar-refractivity contribution in [2.75, 3.05) is 32.7 Å². The van der Waals surface area contributed by atoms with E-state index in [0.29, 0.717) is 5.56 Å². The Morgan fingerprint density at radius 1 is 1.21 bits per heavy atom. The molecular weight excluding hydrogens is 246 g/mol. The average Bonchev–Trinajstić information content (AvgIpc) is 2.46. The molecule has 1 amide bonds. The number of benzene rings is 1. The van der Waals surface area contributed by atoms with Crippen LogP contribution in [0.5, 0.6) is 0 Å². The number of nitrogens with zero attached hydrogens (tertiary/aromatic N) is 3. The van der Waals surface area contributed by atoms with Gasteiger partial charge in [0.1, 0.15) is 0 Å². The fraction of sp³-hybridized carbons (Fsp3) is 0.462. The van der Waals surface area contributed by atoms with Crippen molar-refractivity contribution in [2.45, 2.75) is 6.92 Å². The van der Waals surface area contributed by atoms with E-state index < -0.39 is 0 Å². The van der Waals surface area contributed by atoms with E-state index in [0.717, 1.165) is 32.7 Å². The molecule has 0 saturated carbocycles. The van der Waals surface area contributed by atoms with Gasteiger partial charge >= 0.3 is 5.69 Å². The lowest BCUT2D eigenvalue weighted by atomic mass is 10.1. The van der Waals surface area contributed by atoms with Crippen molar-refractivity contribution in [3.8, 4) is 0 Å². The molecule has 1 aromatic carbocycles. The number of amides is 1. The van der Waals surface area contributed by atoms with E-state index in [1.54, 1.807) is 12.1 Å². The molecule has 0 unspecified atom stereocenters. The molecule has 1 N–H and O–H groups in total. The Hall–Kier alpha value is -1.95. The number of hydrogen-bond acceptors (Lipinski definition) is 3. The standard InChI is InChI=1S/C13H18N3O3/c1-2-14-7-9-15(10-8-14)13(17)11-3-5-12(6-4-11)16(18)19/h3-6H,2,7-10H2,1H3,(H,18,19)/q+1. The smallest absolute Gasteiger partial charge is 0.316 e. The summed E-state index contributed by atoms with van der Waals surface area (Å²) in [5, 5.41) is 8.74. The minimum absolute atomic E-state index is 0.0299. The topological polar surface area (TPSA) is 63.9 Å². The Morgan fingerprint density at radius 3 is 2.26 bits per heavy atom. The number of likely N-dealkylation sites (N-methyl/N-ethyl adjacent to an activating group) is 1. The van der Waals surface area contributed by atoms with Gasteiger partial charge < -0.3 is 9.80 Å². The lowest BCUT2D eigenvalue weighted by molar-refractivity contribution is -0.729. The summed E-state index contributed by atoms with van der Waals surface area (Å²) in [4.78, 5) is 26.8. The molecule has 0 atom stereocenters. The van der Waals surface area contributed by atoms with E-state index in [1.807, 2.05) is 4.90 Å². The van der Waals surface area contributed by atoms with Gasteiger partial charge in [0.05, 0.1) is 4.91 Å². The third-order valence-corrected chi connectivity index (χ3v) is 3.44. The van der Waals surface area contributed by atoms with Gasteiger partial charge in [-0.15, -0.1) is 0 Å². The van der Waals surface area contributed by atoms with Gasteiger partial charge in [0, 0.05) is 43.9 Å². The Morgan fingerprint density at radius 2 is 1.79 bits per heavy atom. The van der Waals surface area contributed by atoms with Crippen LogP contribution in [0.1, 0.15) is 17.3 Å². The molecule has 0 aliphatic carbocycles. The van der Waals surface area contributed by atoms with Gasteiger partial charge in [-0.3, -0.25) is 4.79 Å². The van der Waals surface area contributed by atoms with Crippen molar-refractivity contribution in [3.05, 3.63) is 34.7 Å². The minimum Gasteiger partial charge on any atom is -0.336 e. The fourth-order valence-electron chi connectivity index (χ4n) is 2.18. The van der Waals surface area contributed by atoms with Crippen LogP contribution in [0.3, 0.4) is 0 Å². The number of carbonyl (C=O) groups excluding carboxylic acids is 1. The minimum atomic E-state index is -0.214. The van der Waals surface area contributed by atoms with Gasteiger partial charge in [0.15, 0.2) is 0 Å². The molecule has 6 nitrogen and oxygen atoms in total. The second-order valence-corrected chi connectivity index (χ2v) is 4.55. The first-order valence-corrected chi connectivity index (χ1v) is 6.39. The zero-order chi connectivity index (χ0) is 13.8. The summed E-state index contributed by atoms with van der Waals surface area (Å²) in [6.07, 6.45) is 0. The Kier molecular flexibility index (Phi) is 4.11. The first kappa shape index (κ1) is 13.5. The number of piperazine rings is 1. The summed E-state index contributed by atoms with van der Waals surface area (Å²) in [5.41, 5.74) is 0.655. The third kappa shape index (κ3) is 3.08. The van der Waals surface area contributed by atoms with Crippen LogP contribution in [0.15, 0.2) is 24.3 Å². The van der Waals surface area contributed by atoms with Crippen molar-refractivity contribution >= 4 is 11.6 Å². The highest BCUT2D eigenvalue weighted by molar-refractivity contribution is 5.94. The highest BCUT2D eigenvalue weighted by Crippen LogP contribution is 2.14. The molecule has 1 aromatic rings. The summed E-state index contributed by atoms with van der Waals surface area (Å²) in [5.74, 6) is -0.0299. The van der Waals surface area contributed by atoms with Gasteiger partial charge in [0.2, 0.25) is 0 Å². The van der Waals surface area contributed by atoms with E-state index >= 15 is 0 Å². The van der Waals surface area contributed by atoms with Crippen LogP contribution in [-0.2, 0) is 0 Å². The maximum Gasteiger partial charge on any atom is 0.316 e. The van der Waals surface area contributed by atoms with E-state index in [4.69, 9.17) is 5.21 Å². The molecule has 0 radical (unpaired) electrons. The summed E-state index contributed by atoms with van der Waals surface area (Å²) < 4.78 is 0. The molecule has 6 heteroatoms. The van der Waals surface area contributed by atoms with Crippen LogP contribution in [0, 0.1) is 4.91 Å². The monoisotopic (exact) mass is 264 g/mol. The van der Waals surface area contributed by atoms with Crippen molar-refractivity contribution < 1.29 is 14.9 Å². The fourth-order valence-corrected chi connectivity index (χ4v) is 2.18. The van der Waals surface area contributed by atoms with E-state index in [-0.39, 0.29) is 16.5 Å². The lowest BCUT2D eigenvalue weighted by Crippen LogP contribution is -2.48. The lowest BCUT2D eigenvalue weighted by Gasteiger charge is -2.34. The highest BCUT2D eigenvalue weighted by atomic mass is 16.6. The van der Waals surface area contributed by atoms with E-state index in [1.165, 1.54) is 12.1 Å². The molecular formula is C13H18N3O3+. The predicted molar refractivity (Wildman–Crippen MR) is 69.5 cm³/mol. The molecule has 0 aromatic heterocycles. The zero-order valence-corrected chi connectivity index (χ0v) is 11.0. The van der Waals surface area contributed by atoms with Crippen LogP contribution in [0.4, 0.5) is 5.69 Å². The van der Waals surface area contributed by atoms with Gasteiger partial charge in [-0.05, 0) is 18.7 Å². The SMILES string of the molecule is CCN1CCN(C(=O)c2ccc([N+](=O)O)cc2)CC1. The third-order valence-electron chi connectivity index (χ3n) is 3.44. The molecule has 1 heterocycles. The quantitative estimate of drug-likeness (QED) is 0.835. The Labute approximate surface area is 111 Å². The Balaban J connectivity index is 2.02. The van der Waals surface area contributed by atoms with Gasteiger partial charge in [-0.2, -0.15) is 0 Å². The Bertz CT molecular complexity index is 465. The predicted octanol–water partition coefficient (Wildman–Crippen LogP) is 1.26. The molecule has 19 heavy (non-hydrogen) atoms. The van der Waals surface area contributed by atoms with E-state index in [2.05, 4.69) is 11.8 Å². The average molecular weight is 264 g/mol. The summed E-state index contributed by atoms with van der Waals surface area (Å²) >= 11 is 0. The van der Waals surface area contributed by atoms with Gasteiger partial charge in [0.25, 0.3) is 10.8 Å². The highest BCUT2D eigenvalue weighted by Gasteiger charge is 2.22. The summed E-state index contributed by atoms with van der Waals surface area (Å²) in [6.45, 7) is 6.35. The largest absolute Gasteiger partial charge is 0.336 e. The number of rotatable bonds is 3. The molecule has 1 saturated heterocycles. The molecule has 2 rings (SSSR count). The van der Waals surface area contributed by atoms with Crippen molar-refractivity contribution in [1.82, 2.24) is 9.80 Å². The number of hydrogen-bond donors (Lipinski definition) is 1. The van der Waals surface area contributed by atoms with Crippen LogP contribution in [0.2, 0.25) is 0 Å². The van der Waals surface area contributed by atoms with Crippen molar-refractivity contribution in [2.24, 2.45) is 0 Å². The summed E-state index contributed by atoms with van der Waals surface area (Å²) in [6, 6.07) is 5.99. The second-order valence-electron chi connectivity index (χ2n) is 4.55. The summed E-state index contributed by atoms with van der Waals surface area (Å²) in [7, 11) is 0. The van der Waals surface area contributed by atoms with Crippen LogP contribution in [-0.4, -0.2) is 58.6 Å². The maximum atomic E-state index is 12.2. The van der Waals surface area contributed by atoms with Gasteiger partial charge in [-0.25, -0.2) is 5.21 Å². The molecule has 1 aliphatic heterocycles. The zero-order valence-electron chi connectivity index (χ0n) is 11.0. The molecule has 1 aliphatic rings. The number of carbonyl (C=O) groups is 1. The molecule has 1 fully saturated rings. The molecule has 102 valence electrons. The van der Waals surface area contributed by atoms with E-state index in [9.17, 15) is 9.70 Å². The second kappa shape index (κ2) is 5.79. The van der Waals surface area contributed by atoms with Crippen molar-refractivity contribution in [1.29, 1.82) is 0 Å². The van der Waals surface area contributed by atoms with Gasteiger partial charge in [-0.1, -0.05) is 6.92 Å². The van der Waals surface area contributed by atoms with Crippen LogP contribution >= 0.6 is 0 Å². The molecule has 0 bridgehead atoms. The molecule has 0 spiro atoms.